The van der Waals surface area contributed by atoms with Gasteiger partial charge in [0.15, 0.2) is 0 Å². The van der Waals surface area contributed by atoms with E-state index in [1.165, 1.54) is 12.1 Å². The molecule has 0 aliphatic rings. The van der Waals surface area contributed by atoms with E-state index in [2.05, 4.69) is 15.3 Å². The van der Waals surface area contributed by atoms with Crippen LogP contribution in [0.1, 0.15) is 5.82 Å². The molecule has 2 N–H and O–H groups in total. The SMILES string of the molecule is Cc1nc2cc(F)c(NCC#N)cc2c(=O)[nH]1. The number of anilines is 1. The zero-order valence-electron chi connectivity index (χ0n) is 9.04. The van der Waals surface area contributed by atoms with Gasteiger partial charge >= 0.3 is 0 Å². The monoisotopic (exact) mass is 232 g/mol. The summed E-state index contributed by atoms with van der Waals surface area (Å²) in [7, 11) is 0. The van der Waals surface area contributed by atoms with Crippen LogP contribution in [0.25, 0.3) is 10.9 Å². The molecule has 0 saturated carbocycles. The molecule has 0 atom stereocenters. The number of hydrogen-bond donors (Lipinski definition) is 2. The Hall–Kier alpha value is -2.42. The minimum absolute atomic E-state index is 0.0282. The molecule has 0 amide bonds. The van der Waals surface area contributed by atoms with Crippen molar-refractivity contribution in [2.45, 2.75) is 6.92 Å². The number of aromatic nitrogens is 2. The molecular weight excluding hydrogens is 223 g/mol. The number of halogens is 1. The predicted octanol–water partition coefficient (Wildman–Crippen LogP) is 1.31. The fourth-order valence-electron chi connectivity index (χ4n) is 1.55. The molecule has 0 fully saturated rings. The first kappa shape index (κ1) is 11.1. The van der Waals surface area contributed by atoms with Crippen molar-refractivity contribution in [3.05, 3.63) is 34.1 Å². The number of nitrogens with one attached hydrogen (secondary N) is 2. The molecule has 1 aromatic heterocycles. The number of nitriles is 1. The van der Waals surface area contributed by atoms with Crippen LogP contribution in [0.15, 0.2) is 16.9 Å². The summed E-state index contributed by atoms with van der Waals surface area (Å²) in [4.78, 5) is 18.2. The van der Waals surface area contributed by atoms with E-state index >= 15 is 0 Å². The molecular formula is C11H9FN4O. The maximum Gasteiger partial charge on any atom is 0.258 e. The van der Waals surface area contributed by atoms with Crippen LogP contribution >= 0.6 is 0 Å². The molecule has 0 spiro atoms. The Kier molecular flexibility index (Phi) is 2.75. The highest BCUT2D eigenvalue weighted by Gasteiger charge is 2.08. The average molecular weight is 232 g/mol. The highest BCUT2D eigenvalue weighted by Crippen LogP contribution is 2.19. The second kappa shape index (κ2) is 4.22. The minimum Gasteiger partial charge on any atom is -0.370 e. The van der Waals surface area contributed by atoms with Crippen LogP contribution in [0.5, 0.6) is 0 Å². The summed E-state index contributed by atoms with van der Waals surface area (Å²) in [6.45, 7) is 1.60. The van der Waals surface area contributed by atoms with E-state index in [-0.39, 0.29) is 23.2 Å². The first-order valence-electron chi connectivity index (χ1n) is 4.93. The third-order valence-corrected chi connectivity index (χ3v) is 2.27. The van der Waals surface area contributed by atoms with Crippen molar-refractivity contribution in [3.63, 3.8) is 0 Å². The summed E-state index contributed by atoms with van der Waals surface area (Å²) in [6, 6.07) is 4.37. The number of aryl methyl sites for hydroxylation is 1. The number of fused-ring (bicyclic) bond motifs is 1. The van der Waals surface area contributed by atoms with Gasteiger partial charge in [-0.05, 0) is 13.0 Å². The van der Waals surface area contributed by atoms with Crippen molar-refractivity contribution >= 4 is 16.6 Å². The summed E-state index contributed by atoms with van der Waals surface area (Å²) in [5.74, 6) is -0.107. The Morgan fingerprint density at radius 2 is 2.35 bits per heavy atom. The quantitative estimate of drug-likeness (QED) is 0.765. The van der Waals surface area contributed by atoms with Gasteiger partial charge in [-0.3, -0.25) is 4.79 Å². The summed E-state index contributed by atoms with van der Waals surface area (Å²) >= 11 is 0. The lowest BCUT2D eigenvalue weighted by atomic mass is 10.2. The molecule has 0 saturated heterocycles. The lowest BCUT2D eigenvalue weighted by Crippen LogP contribution is -2.11. The zero-order chi connectivity index (χ0) is 12.4. The maximum absolute atomic E-state index is 13.6. The fraction of sp³-hybridized carbons (Fsp3) is 0.182. The van der Waals surface area contributed by atoms with Crippen LogP contribution in [0, 0.1) is 24.1 Å². The van der Waals surface area contributed by atoms with Crippen molar-refractivity contribution < 1.29 is 4.39 Å². The molecule has 1 heterocycles. The maximum atomic E-state index is 13.6. The van der Waals surface area contributed by atoms with E-state index < -0.39 is 5.82 Å². The average Bonchev–Trinajstić information content (AvgIpc) is 2.26. The first-order chi connectivity index (χ1) is 8.11. The zero-order valence-corrected chi connectivity index (χ0v) is 9.04. The summed E-state index contributed by atoms with van der Waals surface area (Å²) in [5, 5.41) is 11.3. The lowest BCUT2D eigenvalue weighted by Gasteiger charge is -2.05. The van der Waals surface area contributed by atoms with Gasteiger partial charge < -0.3 is 10.3 Å². The molecule has 1 aromatic carbocycles. The van der Waals surface area contributed by atoms with Crippen LogP contribution in [0.2, 0.25) is 0 Å². The molecule has 0 bridgehead atoms. The normalized spacial score (nSPS) is 10.2. The Bertz CT molecular complexity index is 671. The third kappa shape index (κ3) is 2.08. The number of benzene rings is 1. The molecule has 0 aliphatic heterocycles. The molecule has 5 nitrogen and oxygen atoms in total. The van der Waals surface area contributed by atoms with Gasteiger partial charge in [-0.25, -0.2) is 9.37 Å². The number of aromatic amines is 1. The number of nitrogens with zero attached hydrogens (tertiary/aromatic N) is 2. The highest BCUT2D eigenvalue weighted by atomic mass is 19.1. The molecule has 86 valence electrons. The second-order valence-electron chi connectivity index (χ2n) is 3.51. The van der Waals surface area contributed by atoms with Crippen molar-refractivity contribution in [1.82, 2.24) is 9.97 Å². The van der Waals surface area contributed by atoms with Gasteiger partial charge in [0.25, 0.3) is 5.56 Å². The molecule has 0 aliphatic carbocycles. The van der Waals surface area contributed by atoms with E-state index in [9.17, 15) is 9.18 Å². The van der Waals surface area contributed by atoms with Crippen molar-refractivity contribution in [1.29, 1.82) is 5.26 Å². The van der Waals surface area contributed by atoms with Crippen LogP contribution in [-0.4, -0.2) is 16.5 Å². The lowest BCUT2D eigenvalue weighted by molar-refractivity contribution is 0.632. The van der Waals surface area contributed by atoms with Gasteiger partial charge in [-0.1, -0.05) is 0 Å². The standard InChI is InChI=1S/C11H9FN4O/c1-6-15-9-5-8(12)10(14-3-2-13)4-7(9)11(17)16-6/h4-5,14H,3H2,1H3,(H,15,16,17). The first-order valence-corrected chi connectivity index (χ1v) is 4.93. The summed E-state index contributed by atoms with van der Waals surface area (Å²) < 4.78 is 13.6. The van der Waals surface area contributed by atoms with Gasteiger partial charge in [0.1, 0.15) is 18.2 Å². The van der Waals surface area contributed by atoms with Crippen molar-refractivity contribution in [3.8, 4) is 6.07 Å². The molecule has 6 heteroatoms. The summed E-state index contributed by atoms with van der Waals surface area (Å²) in [6.07, 6.45) is 0. The Labute approximate surface area is 95.9 Å². The van der Waals surface area contributed by atoms with Gasteiger partial charge in [0.2, 0.25) is 0 Å². The Balaban J connectivity index is 2.64. The molecule has 2 aromatic rings. The number of hydrogen-bond acceptors (Lipinski definition) is 4. The third-order valence-electron chi connectivity index (χ3n) is 2.27. The van der Waals surface area contributed by atoms with E-state index in [0.29, 0.717) is 11.3 Å². The van der Waals surface area contributed by atoms with Crippen LogP contribution < -0.4 is 10.9 Å². The molecule has 0 radical (unpaired) electrons. The smallest absolute Gasteiger partial charge is 0.258 e. The molecule has 0 unspecified atom stereocenters. The van der Waals surface area contributed by atoms with Crippen LogP contribution in [0.3, 0.4) is 0 Å². The van der Waals surface area contributed by atoms with Crippen molar-refractivity contribution in [2.75, 3.05) is 11.9 Å². The van der Waals surface area contributed by atoms with Crippen LogP contribution in [-0.2, 0) is 0 Å². The molecule has 17 heavy (non-hydrogen) atoms. The van der Waals surface area contributed by atoms with Crippen molar-refractivity contribution in [2.24, 2.45) is 0 Å². The Morgan fingerprint density at radius 3 is 3.06 bits per heavy atom. The van der Waals surface area contributed by atoms with Crippen LogP contribution in [0.4, 0.5) is 10.1 Å². The van der Waals surface area contributed by atoms with E-state index in [1.807, 2.05) is 6.07 Å². The van der Waals surface area contributed by atoms with Gasteiger partial charge in [0, 0.05) is 6.07 Å². The van der Waals surface area contributed by atoms with Gasteiger partial charge in [-0.15, -0.1) is 0 Å². The second-order valence-corrected chi connectivity index (χ2v) is 3.51. The largest absolute Gasteiger partial charge is 0.370 e. The number of H-pyrrole nitrogens is 1. The van der Waals surface area contributed by atoms with E-state index in [1.54, 1.807) is 6.92 Å². The summed E-state index contributed by atoms with van der Waals surface area (Å²) in [5.41, 5.74) is 0.0916. The Morgan fingerprint density at radius 1 is 1.59 bits per heavy atom. The van der Waals surface area contributed by atoms with E-state index in [0.717, 1.165) is 0 Å². The fourth-order valence-corrected chi connectivity index (χ4v) is 1.55. The highest BCUT2D eigenvalue weighted by molar-refractivity contribution is 5.81. The minimum atomic E-state index is -0.537. The van der Waals surface area contributed by atoms with Gasteiger partial charge in [0.05, 0.1) is 22.7 Å². The predicted molar refractivity (Wildman–Crippen MR) is 61.2 cm³/mol. The number of rotatable bonds is 2. The molecule has 2 rings (SSSR count). The topological polar surface area (TPSA) is 81.6 Å². The van der Waals surface area contributed by atoms with Gasteiger partial charge in [-0.2, -0.15) is 5.26 Å². The van der Waals surface area contributed by atoms with E-state index in [4.69, 9.17) is 5.26 Å².